The first kappa shape index (κ1) is 47.6. The summed E-state index contributed by atoms with van der Waals surface area (Å²) in [6.45, 7) is 3.96. The van der Waals surface area contributed by atoms with Gasteiger partial charge in [-0.1, -0.05) is 184 Å². The van der Waals surface area contributed by atoms with E-state index in [1.54, 1.807) is 0 Å². The Labute approximate surface area is 309 Å². The van der Waals surface area contributed by atoms with E-state index in [0.29, 0.717) is 12.8 Å². The number of ether oxygens (including phenoxy) is 2. The van der Waals surface area contributed by atoms with E-state index in [-0.39, 0.29) is 25.2 Å². The molecule has 5 heteroatoms. The van der Waals surface area contributed by atoms with E-state index in [4.69, 9.17) is 9.47 Å². The number of esters is 2. The first-order chi connectivity index (χ1) is 24.6. The Bertz CT molecular complexity index is 884. The molecule has 0 rings (SSSR count). The Kier molecular flexibility index (Phi) is 39.1. The highest BCUT2D eigenvalue weighted by Gasteiger charge is 2.16. The van der Waals surface area contributed by atoms with Crippen molar-refractivity contribution in [1.82, 2.24) is 0 Å². The van der Waals surface area contributed by atoms with Gasteiger partial charge in [0.15, 0.2) is 6.10 Å². The van der Waals surface area contributed by atoms with Crippen LogP contribution in [0.15, 0.2) is 60.8 Å². The molecule has 0 aliphatic carbocycles. The molecular weight excluding hydrogens is 620 g/mol. The second-order valence-corrected chi connectivity index (χ2v) is 13.8. The van der Waals surface area contributed by atoms with Crippen molar-refractivity contribution in [3.05, 3.63) is 60.8 Å². The van der Waals surface area contributed by atoms with Gasteiger partial charge < -0.3 is 14.6 Å². The standard InChI is InChI=1S/C45H78O5/c1-3-5-7-9-11-13-15-17-18-19-20-21-22-23-24-25-26-28-30-32-34-36-38-40-45(48)50-43(41-46)42-49-44(47)39-37-35-33-31-29-27-16-14-12-10-8-6-4-2/h6,8,10,12,14,16,23-24,27,29,43,46H,3-5,7,9,11,13,15,17-22,25-26,28,30-42H2,1-2H3/b8-6+,12-10+,16-14+,24-23+,29-27+. The fourth-order valence-corrected chi connectivity index (χ4v) is 5.74. The SMILES string of the molecule is CC/C=C/C=C/C=C/C=C/CCCCCC(=O)OCC(CO)OC(=O)CCCCCCCCC/C=C/CCCCCCCCCCCCCC. The molecule has 0 heterocycles. The summed E-state index contributed by atoms with van der Waals surface area (Å²) in [4.78, 5) is 24.2. The van der Waals surface area contributed by atoms with Crippen LogP contribution in [0.5, 0.6) is 0 Å². The Morgan fingerprint density at radius 3 is 1.38 bits per heavy atom. The third-order valence-electron chi connectivity index (χ3n) is 8.89. The second kappa shape index (κ2) is 41.0. The lowest BCUT2D eigenvalue weighted by Crippen LogP contribution is -2.28. The van der Waals surface area contributed by atoms with Crippen LogP contribution in [0.25, 0.3) is 0 Å². The molecule has 0 spiro atoms. The van der Waals surface area contributed by atoms with Crippen LogP contribution in [0.4, 0.5) is 0 Å². The largest absolute Gasteiger partial charge is 0.462 e. The van der Waals surface area contributed by atoms with E-state index in [0.717, 1.165) is 51.4 Å². The number of carbonyl (C=O) groups excluding carboxylic acids is 2. The number of allylic oxidation sites excluding steroid dienone is 10. The van der Waals surface area contributed by atoms with Crippen LogP contribution >= 0.6 is 0 Å². The highest BCUT2D eigenvalue weighted by atomic mass is 16.6. The van der Waals surface area contributed by atoms with Gasteiger partial charge in [-0.3, -0.25) is 9.59 Å². The van der Waals surface area contributed by atoms with E-state index in [9.17, 15) is 14.7 Å². The number of aliphatic hydroxyl groups is 1. The Morgan fingerprint density at radius 2 is 0.880 bits per heavy atom. The number of hydrogen-bond acceptors (Lipinski definition) is 5. The normalized spacial score (nSPS) is 12.8. The summed E-state index contributed by atoms with van der Waals surface area (Å²) in [5.74, 6) is -0.643. The minimum atomic E-state index is -0.791. The number of hydrogen-bond donors (Lipinski definition) is 1. The Balaban J connectivity index is 3.56. The van der Waals surface area contributed by atoms with Crippen LogP contribution in [0.3, 0.4) is 0 Å². The molecular formula is C45H78O5. The first-order valence-electron chi connectivity index (χ1n) is 20.9. The van der Waals surface area contributed by atoms with Crippen LogP contribution in [0.2, 0.25) is 0 Å². The summed E-state index contributed by atoms with van der Waals surface area (Å²) in [5.41, 5.74) is 0. The van der Waals surface area contributed by atoms with E-state index in [2.05, 4.69) is 38.2 Å². The third-order valence-corrected chi connectivity index (χ3v) is 8.89. The van der Waals surface area contributed by atoms with Gasteiger partial charge in [0.25, 0.3) is 0 Å². The maximum Gasteiger partial charge on any atom is 0.306 e. The number of aliphatic hydroxyl groups excluding tert-OH is 1. The van der Waals surface area contributed by atoms with Gasteiger partial charge in [-0.2, -0.15) is 0 Å². The molecule has 5 nitrogen and oxygen atoms in total. The van der Waals surface area contributed by atoms with Crippen molar-refractivity contribution >= 4 is 11.9 Å². The molecule has 0 bridgehead atoms. The molecule has 0 radical (unpaired) electrons. The number of rotatable bonds is 37. The summed E-state index contributed by atoms with van der Waals surface area (Å²) in [5, 5.41) is 9.55. The minimum absolute atomic E-state index is 0.0899. The molecule has 50 heavy (non-hydrogen) atoms. The van der Waals surface area contributed by atoms with E-state index < -0.39 is 6.10 Å². The molecule has 0 aromatic carbocycles. The molecule has 0 aliphatic rings. The molecule has 288 valence electrons. The van der Waals surface area contributed by atoms with Crippen LogP contribution in [0, 0.1) is 0 Å². The summed E-state index contributed by atoms with van der Waals surface area (Å²) in [6.07, 6.45) is 53.0. The van der Waals surface area contributed by atoms with Crippen molar-refractivity contribution in [2.45, 2.75) is 200 Å². The molecule has 0 saturated heterocycles. The summed E-state index contributed by atoms with van der Waals surface area (Å²) >= 11 is 0. The fraction of sp³-hybridized carbons (Fsp3) is 0.733. The van der Waals surface area contributed by atoms with Gasteiger partial charge in [-0.05, 0) is 57.8 Å². The molecule has 0 aliphatic heterocycles. The summed E-state index contributed by atoms with van der Waals surface area (Å²) < 4.78 is 10.6. The van der Waals surface area contributed by atoms with Crippen molar-refractivity contribution in [2.24, 2.45) is 0 Å². The Morgan fingerprint density at radius 1 is 0.480 bits per heavy atom. The van der Waals surface area contributed by atoms with E-state index >= 15 is 0 Å². The molecule has 0 aromatic heterocycles. The minimum Gasteiger partial charge on any atom is -0.462 e. The number of carbonyl (C=O) groups is 2. The molecule has 0 saturated carbocycles. The van der Waals surface area contributed by atoms with Crippen molar-refractivity contribution in [2.75, 3.05) is 13.2 Å². The van der Waals surface area contributed by atoms with Crippen molar-refractivity contribution in [1.29, 1.82) is 0 Å². The van der Waals surface area contributed by atoms with Crippen molar-refractivity contribution in [3.8, 4) is 0 Å². The lowest BCUT2D eigenvalue weighted by atomic mass is 10.0. The van der Waals surface area contributed by atoms with Gasteiger partial charge >= 0.3 is 11.9 Å². The Hall–Kier alpha value is -2.40. The molecule has 1 unspecified atom stereocenters. The van der Waals surface area contributed by atoms with Crippen LogP contribution in [-0.4, -0.2) is 36.4 Å². The van der Waals surface area contributed by atoms with E-state index in [1.807, 2.05) is 36.5 Å². The van der Waals surface area contributed by atoms with Crippen LogP contribution in [-0.2, 0) is 19.1 Å². The highest BCUT2D eigenvalue weighted by molar-refractivity contribution is 5.70. The fourth-order valence-electron chi connectivity index (χ4n) is 5.74. The van der Waals surface area contributed by atoms with Gasteiger partial charge in [0.05, 0.1) is 6.61 Å². The number of unbranched alkanes of at least 4 members (excludes halogenated alkanes) is 22. The monoisotopic (exact) mass is 699 g/mol. The van der Waals surface area contributed by atoms with Gasteiger partial charge in [0, 0.05) is 12.8 Å². The lowest BCUT2D eigenvalue weighted by molar-refractivity contribution is -0.161. The maximum absolute atomic E-state index is 12.2. The highest BCUT2D eigenvalue weighted by Crippen LogP contribution is 2.14. The smallest absolute Gasteiger partial charge is 0.306 e. The van der Waals surface area contributed by atoms with E-state index in [1.165, 1.54) is 116 Å². The summed E-state index contributed by atoms with van der Waals surface area (Å²) in [6, 6.07) is 0. The molecule has 0 fully saturated rings. The van der Waals surface area contributed by atoms with Gasteiger partial charge in [-0.15, -0.1) is 0 Å². The zero-order valence-electron chi connectivity index (χ0n) is 32.6. The average molecular weight is 699 g/mol. The van der Waals surface area contributed by atoms with Crippen molar-refractivity contribution < 1.29 is 24.2 Å². The quantitative estimate of drug-likeness (QED) is 0.0303. The van der Waals surface area contributed by atoms with Gasteiger partial charge in [-0.25, -0.2) is 0 Å². The molecule has 1 N–H and O–H groups in total. The van der Waals surface area contributed by atoms with Crippen LogP contribution < -0.4 is 0 Å². The summed E-state index contributed by atoms with van der Waals surface area (Å²) in [7, 11) is 0. The maximum atomic E-state index is 12.2. The molecule has 1 atom stereocenters. The van der Waals surface area contributed by atoms with Crippen molar-refractivity contribution in [3.63, 3.8) is 0 Å². The third kappa shape index (κ3) is 38.4. The topological polar surface area (TPSA) is 72.8 Å². The molecule has 0 amide bonds. The first-order valence-corrected chi connectivity index (χ1v) is 20.9. The van der Waals surface area contributed by atoms with Gasteiger partial charge in [0.1, 0.15) is 6.61 Å². The zero-order chi connectivity index (χ0) is 36.4. The molecule has 0 aromatic rings. The average Bonchev–Trinajstić information content (AvgIpc) is 3.12. The van der Waals surface area contributed by atoms with Gasteiger partial charge in [0.2, 0.25) is 0 Å². The predicted octanol–water partition coefficient (Wildman–Crippen LogP) is 13.2. The predicted molar refractivity (Wildman–Crippen MR) is 214 cm³/mol. The lowest BCUT2D eigenvalue weighted by Gasteiger charge is -2.15. The zero-order valence-corrected chi connectivity index (χ0v) is 32.6. The van der Waals surface area contributed by atoms with Crippen LogP contribution in [0.1, 0.15) is 194 Å². The second-order valence-electron chi connectivity index (χ2n) is 13.8.